The second kappa shape index (κ2) is 6.80. The summed E-state index contributed by atoms with van der Waals surface area (Å²) >= 11 is 7.82. The highest BCUT2D eigenvalue weighted by molar-refractivity contribution is 8.00. The molecule has 0 spiro atoms. The lowest BCUT2D eigenvalue weighted by atomic mass is 10.3. The summed E-state index contributed by atoms with van der Waals surface area (Å²) in [5.74, 6) is 2.86. The third-order valence-electron chi connectivity index (χ3n) is 2.77. The number of hydrogen-bond acceptors (Lipinski definition) is 6. The molecule has 20 heavy (non-hydrogen) atoms. The Morgan fingerprint density at radius 1 is 1.15 bits per heavy atom. The fraction of sp³-hybridized carbons (Fsp3) is 0.769. The Kier molecular flexibility index (Phi) is 5.32. The van der Waals surface area contributed by atoms with Crippen LogP contribution in [-0.4, -0.2) is 38.5 Å². The average molecular weight is 316 g/mol. The first-order valence-electron chi connectivity index (χ1n) is 6.96. The predicted octanol–water partition coefficient (Wildman–Crippen LogP) is 3.29. The molecule has 0 aliphatic heterocycles. The quantitative estimate of drug-likeness (QED) is 0.753. The molecule has 0 bridgehead atoms. The number of hydrogen-bond donors (Lipinski definition) is 2. The van der Waals surface area contributed by atoms with Crippen molar-refractivity contribution in [1.29, 1.82) is 0 Å². The van der Waals surface area contributed by atoms with Gasteiger partial charge in [0.1, 0.15) is 0 Å². The summed E-state index contributed by atoms with van der Waals surface area (Å²) in [5, 5.41) is 6.63. The zero-order chi connectivity index (χ0) is 14.6. The van der Waals surface area contributed by atoms with Crippen LogP contribution in [0.4, 0.5) is 11.9 Å². The molecule has 1 aliphatic rings. The highest BCUT2D eigenvalue weighted by atomic mass is 35.5. The lowest BCUT2D eigenvalue weighted by molar-refractivity contribution is 0.802. The molecule has 112 valence electrons. The van der Waals surface area contributed by atoms with Crippen LogP contribution in [0.5, 0.6) is 0 Å². The summed E-state index contributed by atoms with van der Waals surface area (Å²) < 4.78 is 0.273. The molecule has 0 saturated heterocycles. The minimum atomic E-state index is 0.226. The van der Waals surface area contributed by atoms with Crippen molar-refractivity contribution in [2.75, 3.05) is 29.5 Å². The third kappa shape index (κ3) is 6.13. The number of rotatable bonds is 7. The van der Waals surface area contributed by atoms with E-state index in [-0.39, 0.29) is 10.0 Å². The van der Waals surface area contributed by atoms with E-state index in [0.29, 0.717) is 11.9 Å². The van der Waals surface area contributed by atoms with Gasteiger partial charge in [-0.1, -0.05) is 20.8 Å². The van der Waals surface area contributed by atoms with Crippen molar-refractivity contribution in [3.05, 3.63) is 5.28 Å². The molecule has 0 aromatic carbocycles. The molecule has 1 aliphatic carbocycles. The van der Waals surface area contributed by atoms with Crippen LogP contribution >= 0.6 is 23.4 Å². The first-order valence-corrected chi connectivity index (χ1v) is 8.32. The Morgan fingerprint density at radius 3 is 2.40 bits per heavy atom. The van der Waals surface area contributed by atoms with E-state index in [0.717, 1.165) is 24.8 Å². The van der Waals surface area contributed by atoms with Crippen molar-refractivity contribution in [3.8, 4) is 0 Å². The second-order valence-corrected chi connectivity index (χ2v) is 8.22. The third-order valence-corrected chi connectivity index (χ3v) is 4.22. The van der Waals surface area contributed by atoms with Gasteiger partial charge in [0.15, 0.2) is 0 Å². The van der Waals surface area contributed by atoms with E-state index in [1.54, 1.807) is 0 Å². The maximum Gasteiger partial charge on any atom is 0.228 e. The Balaban J connectivity index is 1.80. The van der Waals surface area contributed by atoms with Gasteiger partial charge >= 0.3 is 0 Å². The zero-order valence-corrected chi connectivity index (χ0v) is 13.8. The van der Waals surface area contributed by atoms with Crippen molar-refractivity contribution >= 4 is 35.3 Å². The van der Waals surface area contributed by atoms with Gasteiger partial charge in [-0.05, 0) is 30.4 Å². The number of thioether (sulfide) groups is 1. The predicted molar refractivity (Wildman–Crippen MR) is 86.8 cm³/mol. The first kappa shape index (κ1) is 15.6. The molecule has 0 unspecified atom stereocenters. The van der Waals surface area contributed by atoms with Crippen LogP contribution in [0.2, 0.25) is 5.28 Å². The van der Waals surface area contributed by atoms with Crippen molar-refractivity contribution < 1.29 is 0 Å². The van der Waals surface area contributed by atoms with Gasteiger partial charge in [-0.15, -0.1) is 0 Å². The maximum atomic E-state index is 5.92. The molecular weight excluding hydrogens is 294 g/mol. The van der Waals surface area contributed by atoms with Crippen LogP contribution in [0.15, 0.2) is 0 Å². The Morgan fingerprint density at radius 2 is 1.80 bits per heavy atom. The highest BCUT2D eigenvalue weighted by Gasteiger charge is 2.21. The van der Waals surface area contributed by atoms with Gasteiger partial charge < -0.3 is 10.6 Å². The molecule has 1 heterocycles. The maximum absolute atomic E-state index is 5.92. The molecule has 2 N–H and O–H groups in total. The smallest absolute Gasteiger partial charge is 0.228 e. The molecule has 5 nitrogen and oxygen atoms in total. The summed E-state index contributed by atoms with van der Waals surface area (Å²) in [6.07, 6.45) is 2.59. The van der Waals surface area contributed by atoms with E-state index in [2.05, 4.69) is 46.4 Å². The topological polar surface area (TPSA) is 62.7 Å². The monoisotopic (exact) mass is 315 g/mol. The van der Waals surface area contributed by atoms with E-state index < -0.39 is 0 Å². The second-order valence-electron chi connectivity index (χ2n) is 5.96. The highest BCUT2D eigenvalue weighted by Crippen LogP contribution is 2.28. The van der Waals surface area contributed by atoms with Gasteiger partial charge in [0.25, 0.3) is 0 Å². The largest absolute Gasteiger partial charge is 0.354 e. The molecule has 0 radical (unpaired) electrons. The van der Waals surface area contributed by atoms with Gasteiger partial charge in [-0.2, -0.15) is 26.7 Å². The minimum Gasteiger partial charge on any atom is -0.354 e. The minimum absolute atomic E-state index is 0.226. The Hall–Kier alpha value is -0.750. The van der Waals surface area contributed by atoms with Crippen LogP contribution < -0.4 is 10.6 Å². The van der Waals surface area contributed by atoms with Crippen molar-refractivity contribution in [1.82, 2.24) is 15.0 Å². The number of nitrogens with zero attached hydrogens (tertiary/aromatic N) is 3. The van der Waals surface area contributed by atoms with E-state index in [4.69, 9.17) is 11.6 Å². The molecule has 1 aromatic rings. The number of anilines is 2. The van der Waals surface area contributed by atoms with Gasteiger partial charge in [0.2, 0.25) is 17.2 Å². The summed E-state index contributed by atoms with van der Waals surface area (Å²) in [4.78, 5) is 12.5. The first-order chi connectivity index (χ1) is 9.42. The summed E-state index contributed by atoms with van der Waals surface area (Å²) in [6, 6.07) is 0. The Labute approximate surface area is 129 Å². The van der Waals surface area contributed by atoms with Crippen molar-refractivity contribution in [2.24, 2.45) is 5.92 Å². The number of aromatic nitrogens is 3. The fourth-order valence-electron chi connectivity index (χ4n) is 1.59. The molecule has 1 fully saturated rings. The van der Waals surface area contributed by atoms with Gasteiger partial charge in [-0.3, -0.25) is 0 Å². The van der Waals surface area contributed by atoms with Gasteiger partial charge in [0.05, 0.1) is 0 Å². The van der Waals surface area contributed by atoms with Crippen molar-refractivity contribution in [3.63, 3.8) is 0 Å². The molecule has 1 aromatic heterocycles. The average Bonchev–Trinajstić information content (AvgIpc) is 3.14. The van der Waals surface area contributed by atoms with Crippen LogP contribution in [-0.2, 0) is 0 Å². The molecule has 0 atom stereocenters. The SMILES string of the molecule is CC(C)(C)SCCNc1nc(Cl)nc(NCC2CC2)n1. The van der Waals surface area contributed by atoms with Gasteiger partial charge in [-0.25, -0.2) is 0 Å². The lowest BCUT2D eigenvalue weighted by Crippen LogP contribution is -2.15. The van der Waals surface area contributed by atoms with Crippen LogP contribution in [0.3, 0.4) is 0 Å². The Bertz CT molecular complexity index is 445. The van der Waals surface area contributed by atoms with Crippen LogP contribution in [0, 0.1) is 5.92 Å². The summed E-state index contributed by atoms with van der Waals surface area (Å²) in [6.45, 7) is 8.34. The normalized spacial score (nSPS) is 15.2. The van der Waals surface area contributed by atoms with E-state index in [9.17, 15) is 0 Å². The summed E-state index contributed by atoms with van der Waals surface area (Å²) in [7, 11) is 0. The summed E-state index contributed by atoms with van der Waals surface area (Å²) in [5.41, 5.74) is 0. The van der Waals surface area contributed by atoms with E-state index in [1.807, 2.05) is 11.8 Å². The standard InChI is InChI=1S/C13H22ClN5S/c1-13(2,3)20-7-6-15-11-17-10(14)18-12(19-11)16-8-9-4-5-9/h9H,4-8H2,1-3H3,(H2,15,16,17,18,19). The number of nitrogens with one attached hydrogen (secondary N) is 2. The van der Waals surface area contributed by atoms with E-state index in [1.165, 1.54) is 12.8 Å². The van der Waals surface area contributed by atoms with Crippen molar-refractivity contribution in [2.45, 2.75) is 38.4 Å². The molecule has 1 saturated carbocycles. The number of halogens is 1. The molecule has 0 amide bonds. The fourth-order valence-corrected chi connectivity index (χ4v) is 2.56. The lowest BCUT2D eigenvalue weighted by Gasteiger charge is -2.17. The molecule has 7 heteroatoms. The molecular formula is C13H22ClN5S. The van der Waals surface area contributed by atoms with E-state index >= 15 is 0 Å². The van der Waals surface area contributed by atoms with Crippen LogP contribution in [0.25, 0.3) is 0 Å². The molecule has 2 rings (SSSR count). The van der Waals surface area contributed by atoms with Crippen LogP contribution in [0.1, 0.15) is 33.6 Å². The van der Waals surface area contributed by atoms with Gasteiger partial charge in [0, 0.05) is 23.6 Å². The zero-order valence-electron chi connectivity index (χ0n) is 12.2.